The SMILES string of the molecule is Cc1cc(Cl)cc(C)c1CNC[C@@H](C)O. The Balaban J connectivity index is 2.68. The molecular weight excluding hydrogens is 210 g/mol. The van der Waals surface area contributed by atoms with Crippen molar-refractivity contribution in [3.8, 4) is 0 Å². The highest BCUT2D eigenvalue weighted by atomic mass is 35.5. The molecule has 0 unspecified atom stereocenters. The molecule has 1 rings (SSSR count). The molecule has 1 aromatic rings. The molecule has 0 amide bonds. The summed E-state index contributed by atoms with van der Waals surface area (Å²) in [5.74, 6) is 0. The number of aliphatic hydroxyl groups excluding tert-OH is 1. The van der Waals surface area contributed by atoms with E-state index in [-0.39, 0.29) is 6.10 Å². The van der Waals surface area contributed by atoms with Gasteiger partial charge in [-0.15, -0.1) is 0 Å². The van der Waals surface area contributed by atoms with Crippen molar-refractivity contribution in [3.63, 3.8) is 0 Å². The Hall–Kier alpha value is -0.570. The lowest BCUT2D eigenvalue weighted by Crippen LogP contribution is -2.24. The van der Waals surface area contributed by atoms with Crippen LogP contribution < -0.4 is 5.32 Å². The molecule has 0 aromatic heterocycles. The van der Waals surface area contributed by atoms with E-state index < -0.39 is 0 Å². The first-order valence-electron chi connectivity index (χ1n) is 5.15. The van der Waals surface area contributed by atoms with Gasteiger partial charge in [0.1, 0.15) is 0 Å². The Labute approximate surface area is 96.3 Å². The molecular formula is C12H18ClNO. The molecule has 0 bridgehead atoms. The molecule has 0 saturated heterocycles. The summed E-state index contributed by atoms with van der Waals surface area (Å²) in [6, 6.07) is 3.93. The molecule has 0 aliphatic carbocycles. The fourth-order valence-corrected chi connectivity index (χ4v) is 1.95. The minimum atomic E-state index is -0.307. The van der Waals surface area contributed by atoms with Crippen molar-refractivity contribution in [1.82, 2.24) is 5.32 Å². The van der Waals surface area contributed by atoms with E-state index in [1.54, 1.807) is 6.92 Å². The zero-order valence-electron chi connectivity index (χ0n) is 9.47. The number of halogens is 1. The first-order chi connectivity index (χ1) is 7.00. The fraction of sp³-hybridized carbons (Fsp3) is 0.500. The predicted molar refractivity (Wildman–Crippen MR) is 64.3 cm³/mol. The van der Waals surface area contributed by atoms with Gasteiger partial charge in [0.05, 0.1) is 6.10 Å². The summed E-state index contributed by atoms with van der Waals surface area (Å²) in [6.07, 6.45) is -0.307. The third-order valence-corrected chi connectivity index (χ3v) is 2.62. The van der Waals surface area contributed by atoms with Gasteiger partial charge in [0.25, 0.3) is 0 Å². The Morgan fingerprint density at radius 3 is 2.33 bits per heavy atom. The topological polar surface area (TPSA) is 32.3 Å². The van der Waals surface area contributed by atoms with Gasteiger partial charge in [-0.3, -0.25) is 0 Å². The van der Waals surface area contributed by atoms with Crippen LogP contribution in [0.15, 0.2) is 12.1 Å². The van der Waals surface area contributed by atoms with E-state index in [1.165, 1.54) is 16.7 Å². The number of aliphatic hydroxyl groups is 1. The van der Waals surface area contributed by atoms with Crippen LogP contribution in [0.25, 0.3) is 0 Å². The Bertz CT molecular complexity index is 313. The number of hydrogen-bond donors (Lipinski definition) is 2. The van der Waals surface area contributed by atoms with E-state index in [1.807, 2.05) is 12.1 Å². The van der Waals surface area contributed by atoms with Crippen molar-refractivity contribution in [2.75, 3.05) is 6.54 Å². The Kier molecular flexibility index (Phi) is 4.58. The maximum absolute atomic E-state index is 9.13. The first kappa shape index (κ1) is 12.5. The number of rotatable bonds is 4. The smallest absolute Gasteiger partial charge is 0.0636 e. The van der Waals surface area contributed by atoms with Gasteiger partial charge >= 0.3 is 0 Å². The van der Waals surface area contributed by atoms with Crippen molar-refractivity contribution >= 4 is 11.6 Å². The van der Waals surface area contributed by atoms with Gasteiger partial charge in [0, 0.05) is 18.1 Å². The lowest BCUT2D eigenvalue weighted by atomic mass is 10.0. The van der Waals surface area contributed by atoms with Gasteiger partial charge in [-0.05, 0) is 49.6 Å². The molecule has 0 spiro atoms. The normalized spacial score (nSPS) is 12.9. The van der Waals surface area contributed by atoms with Crippen LogP contribution in [-0.2, 0) is 6.54 Å². The molecule has 0 saturated carbocycles. The molecule has 3 heteroatoms. The molecule has 0 fully saturated rings. The molecule has 84 valence electrons. The largest absolute Gasteiger partial charge is 0.392 e. The van der Waals surface area contributed by atoms with Crippen LogP contribution in [0.5, 0.6) is 0 Å². The summed E-state index contributed by atoms with van der Waals surface area (Å²) < 4.78 is 0. The number of nitrogens with one attached hydrogen (secondary N) is 1. The molecule has 1 atom stereocenters. The third kappa shape index (κ3) is 3.82. The fourth-order valence-electron chi connectivity index (χ4n) is 1.63. The molecule has 0 heterocycles. The highest BCUT2D eigenvalue weighted by Gasteiger charge is 2.04. The molecule has 0 aliphatic rings. The van der Waals surface area contributed by atoms with E-state index in [2.05, 4.69) is 19.2 Å². The third-order valence-electron chi connectivity index (χ3n) is 2.40. The predicted octanol–water partition coefficient (Wildman–Crippen LogP) is 2.43. The summed E-state index contributed by atoms with van der Waals surface area (Å²) in [7, 11) is 0. The summed E-state index contributed by atoms with van der Waals surface area (Å²) in [5.41, 5.74) is 3.65. The second kappa shape index (κ2) is 5.50. The highest BCUT2D eigenvalue weighted by Crippen LogP contribution is 2.19. The molecule has 15 heavy (non-hydrogen) atoms. The van der Waals surface area contributed by atoms with E-state index in [0.29, 0.717) is 6.54 Å². The second-order valence-corrected chi connectivity index (χ2v) is 4.43. The monoisotopic (exact) mass is 227 g/mol. The van der Waals surface area contributed by atoms with E-state index in [0.717, 1.165) is 11.6 Å². The van der Waals surface area contributed by atoms with Gasteiger partial charge in [-0.1, -0.05) is 11.6 Å². The minimum Gasteiger partial charge on any atom is -0.392 e. The summed E-state index contributed by atoms with van der Waals surface area (Å²) >= 11 is 5.95. The van der Waals surface area contributed by atoms with Crippen LogP contribution in [0.3, 0.4) is 0 Å². The molecule has 2 N–H and O–H groups in total. The first-order valence-corrected chi connectivity index (χ1v) is 5.53. The average Bonchev–Trinajstić information content (AvgIpc) is 2.08. The van der Waals surface area contributed by atoms with Crippen LogP contribution in [0.2, 0.25) is 5.02 Å². The summed E-state index contributed by atoms with van der Waals surface area (Å²) in [4.78, 5) is 0. The van der Waals surface area contributed by atoms with Crippen molar-refractivity contribution in [3.05, 3.63) is 33.8 Å². The maximum Gasteiger partial charge on any atom is 0.0636 e. The van der Waals surface area contributed by atoms with Gasteiger partial charge in [-0.25, -0.2) is 0 Å². The van der Waals surface area contributed by atoms with Gasteiger partial charge in [0.15, 0.2) is 0 Å². The molecule has 1 aromatic carbocycles. The van der Waals surface area contributed by atoms with Crippen LogP contribution >= 0.6 is 11.6 Å². The van der Waals surface area contributed by atoms with E-state index in [9.17, 15) is 0 Å². The minimum absolute atomic E-state index is 0.307. The Morgan fingerprint density at radius 1 is 1.33 bits per heavy atom. The molecule has 0 radical (unpaired) electrons. The average molecular weight is 228 g/mol. The summed E-state index contributed by atoms with van der Waals surface area (Å²) in [6.45, 7) is 7.27. The van der Waals surface area contributed by atoms with Crippen molar-refractivity contribution in [2.45, 2.75) is 33.4 Å². The molecule has 2 nitrogen and oxygen atoms in total. The van der Waals surface area contributed by atoms with Crippen molar-refractivity contribution in [1.29, 1.82) is 0 Å². The second-order valence-electron chi connectivity index (χ2n) is 4.00. The number of aryl methyl sites for hydroxylation is 2. The maximum atomic E-state index is 9.13. The summed E-state index contributed by atoms with van der Waals surface area (Å²) in [5, 5.41) is 13.1. The number of benzene rings is 1. The zero-order valence-corrected chi connectivity index (χ0v) is 10.2. The standard InChI is InChI=1S/C12H18ClNO/c1-8-4-11(13)5-9(2)12(8)7-14-6-10(3)15/h4-5,10,14-15H,6-7H2,1-3H3/t10-/m1/s1. The van der Waals surface area contributed by atoms with Crippen LogP contribution in [0.1, 0.15) is 23.6 Å². The van der Waals surface area contributed by atoms with Crippen LogP contribution in [0.4, 0.5) is 0 Å². The van der Waals surface area contributed by atoms with Crippen LogP contribution in [0, 0.1) is 13.8 Å². The van der Waals surface area contributed by atoms with Crippen molar-refractivity contribution in [2.24, 2.45) is 0 Å². The zero-order chi connectivity index (χ0) is 11.4. The van der Waals surface area contributed by atoms with Gasteiger partial charge in [-0.2, -0.15) is 0 Å². The highest BCUT2D eigenvalue weighted by molar-refractivity contribution is 6.30. The van der Waals surface area contributed by atoms with Crippen LogP contribution in [-0.4, -0.2) is 17.8 Å². The number of hydrogen-bond acceptors (Lipinski definition) is 2. The Morgan fingerprint density at radius 2 is 1.87 bits per heavy atom. The molecule has 0 aliphatic heterocycles. The van der Waals surface area contributed by atoms with Gasteiger partial charge < -0.3 is 10.4 Å². The van der Waals surface area contributed by atoms with Crippen molar-refractivity contribution < 1.29 is 5.11 Å². The quantitative estimate of drug-likeness (QED) is 0.828. The lowest BCUT2D eigenvalue weighted by molar-refractivity contribution is 0.191. The van der Waals surface area contributed by atoms with E-state index >= 15 is 0 Å². The van der Waals surface area contributed by atoms with Gasteiger partial charge in [0.2, 0.25) is 0 Å². The van der Waals surface area contributed by atoms with E-state index in [4.69, 9.17) is 16.7 Å². The lowest BCUT2D eigenvalue weighted by Gasteiger charge is -2.12.